The number of carbonyl (C=O) groups excluding carboxylic acids is 1. The van der Waals surface area contributed by atoms with Gasteiger partial charge in [0.2, 0.25) is 5.91 Å². The van der Waals surface area contributed by atoms with Crippen molar-refractivity contribution in [1.82, 2.24) is 0 Å². The third-order valence-electron chi connectivity index (χ3n) is 5.26. The van der Waals surface area contributed by atoms with Crippen molar-refractivity contribution < 1.29 is 32.0 Å². The van der Waals surface area contributed by atoms with E-state index in [1.165, 1.54) is 55.5 Å². The molecule has 1 aliphatic rings. The first kappa shape index (κ1) is 24.0. The van der Waals surface area contributed by atoms with Gasteiger partial charge in [-0.3, -0.25) is 19.2 Å². The Labute approximate surface area is 200 Å². The van der Waals surface area contributed by atoms with E-state index in [4.69, 9.17) is 9.47 Å². The summed E-state index contributed by atoms with van der Waals surface area (Å²) in [6, 6.07) is 13.0. The predicted octanol–water partition coefficient (Wildman–Crippen LogP) is 3.65. The van der Waals surface area contributed by atoms with E-state index in [1.54, 1.807) is 0 Å². The largest absolute Gasteiger partial charge is 0.486 e. The van der Waals surface area contributed by atoms with E-state index in [0.717, 1.165) is 16.4 Å². The molecule has 0 bridgehead atoms. The van der Waals surface area contributed by atoms with E-state index in [-0.39, 0.29) is 39.9 Å². The molecule has 1 N–H and O–H groups in total. The van der Waals surface area contributed by atoms with Crippen LogP contribution in [-0.2, 0) is 14.8 Å². The number of nitro groups is 1. The summed E-state index contributed by atoms with van der Waals surface area (Å²) in [5.41, 5.74) is 0.0810. The van der Waals surface area contributed by atoms with Crippen LogP contribution in [0.3, 0.4) is 0 Å². The van der Waals surface area contributed by atoms with Gasteiger partial charge in [-0.1, -0.05) is 12.1 Å². The van der Waals surface area contributed by atoms with Crippen LogP contribution in [0, 0.1) is 22.9 Å². The smallest absolute Gasteiger partial charge is 0.274 e. The molecule has 0 radical (unpaired) electrons. The van der Waals surface area contributed by atoms with Gasteiger partial charge in [-0.25, -0.2) is 12.8 Å². The van der Waals surface area contributed by atoms with E-state index >= 15 is 0 Å². The average Bonchev–Trinajstić information content (AvgIpc) is 2.83. The van der Waals surface area contributed by atoms with Crippen LogP contribution in [0.25, 0.3) is 0 Å². The quantitative estimate of drug-likeness (QED) is 0.387. The number of nitro benzene ring substituents is 1. The van der Waals surface area contributed by atoms with Crippen molar-refractivity contribution in [2.45, 2.75) is 11.8 Å². The predicted molar refractivity (Wildman–Crippen MR) is 125 cm³/mol. The highest BCUT2D eigenvalue weighted by Crippen LogP contribution is 2.34. The average molecular weight is 501 g/mol. The first-order valence-corrected chi connectivity index (χ1v) is 11.8. The fraction of sp³-hybridized carbons (Fsp3) is 0.174. The van der Waals surface area contributed by atoms with Crippen molar-refractivity contribution in [3.63, 3.8) is 0 Å². The molecule has 3 aromatic carbocycles. The maximum atomic E-state index is 14.0. The summed E-state index contributed by atoms with van der Waals surface area (Å²) >= 11 is 0. The van der Waals surface area contributed by atoms with Gasteiger partial charge >= 0.3 is 0 Å². The topological polar surface area (TPSA) is 128 Å². The van der Waals surface area contributed by atoms with Crippen LogP contribution >= 0.6 is 0 Å². The number of ether oxygens (including phenoxy) is 2. The maximum Gasteiger partial charge on any atom is 0.274 e. The highest BCUT2D eigenvalue weighted by molar-refractivity contribution is 7.92. The normalized spacial score (nSPS) is 12.6. The van der Waals surface area contributed by atoms with E-state index in [9.17, 15) is 27.7 Å². The molecule has 0 fully saturated rings. The Morgan fingerprint density at radius 3 is 2.51 bits per heavy atom. The van der Waals surface area contributed by atoms with Crippen LogP contribution in [0.15, 0.2) is 65.6 Å². The molecule has 0 unspecified atom stereocenters. The van der Waals surface area contributed by atoms with Gasteiger partial charge in [0.15, 0.2) is 11.5 Å². The van der Waals surface area contributed by atoms with Crippen molar-refractivity contribution in [2.24, 2.45) is 0 Å². The molecule has 35 heavy (non-hydrogen) atoms. The summed E-state index contributed by atoms with van der Waals surface area (Å²) in [5.74, 6) is -0.863. The number of halogens is 1. The minimum Gasteiger partial charge on any atom is -0.486 e. The number of benzene rings is 3. The minimum absolute atomic E-state index is 0.0780. The van der Waals surface area contributed by atoms with Gasteiger partial charge in [0.1, 0.15) is 25.6 Å². The molecule has 1 heterocycles. The third kappa shape index (κ3) is 5.01. The molecule has 0 atom stereocenters. The van der Waals surface area contributed by atoms with Crippen LogP contribution < -0.4 is 19.1 Å². The van der Waals surface area contributed by atoms with E-state index in [1.807, 2.05) is 0 Å². The number of nitrogens with zero attached hydrogens (tertiary/aromatic N) is 2. The monoisotopic (exact) mass is 501 g/mol. The number of nitrogens with one attached hydrogen (secondary N) is 1. The van der Waals surface area contributed by atoms with Gasteiger partial charge in [-0.15, -0.1) is 0 Å². The summed E-state index contributed by atoms with van der Waals surface area (Å²) < 4.78 is 52.8. The van der Waals surface area contributed by atoms with Gasteiger partial charge in [-0.05, 0) is 43.3 Å². The standard InChI is InChI=1S/C23H20FN3O7S/c1-15-19(6-3-7-20(15)27(29)30)25-23(28)14-26(17-5-2-4-16(24)12-17)35(31,32)18-8-9-21-22(13-18)34-11-10-33-21/h2-9,12-13H,10-11,14H2,1H3,(H,25,28). The molecule has 0 spiro atoms. The van der Waals surface area contributed by atoms with Crippen molar-refractivity contribution in [2.75, 3.05) is 29.4 Å². The zero-order chi connectivity index (χ0) is 25.2. The Bertz CT molecular complexity index is 1410. The number of sulfonamides is 1. The fourth-order valence-corrected chi connectivity index (χ4v) is 4.96. The SMILES string of the molecule is Cc1c(NC(=O)CN(c2cccc(F)c2)S(=O)(=O)c2ccc3c(c2)OCCO3)cccc1[N+](=O)[O-]. The van der Waals surface area contributed by atoms with Crippen LogP contribution in [0.5, 0.6) is 11.5 Å². The van der Waals surface area contributed by atoms with Crippen molar-refractivity contribution in [3.8, 4) is 11.5 Å². The van der Waals surface area contributed by atoms with Crippen LogP contribution in [-0.4, -0.2) is 39.0 Å². The number of carbonyl (C=O) groups is 1. The van der Waals surface area contributed by atoms with Gasteiger partial charge in [0.25, 0.3) is 15.7 Å². The van der Waals surface area contributed by atoms with E-state index in [0.29, 0.717) is 12.4 Å². The number of rotatable bonds is 7. The fourth-order valence-electron chi connectivity index (χ4n) is 3.53. The summed E-state index contributed by atoms with van der Waals surface area (Å²) in [4.78, 5) is 23.3. The number of hydrogen-bond acceptors (Lipinski definition) is 7. The Hall–Kier alpha value is -4.19. The molecule has 0 saturated heterocycles. The molecular weight excluding hydrogens is 481 g/mol. The first-order valence-electron chi connectivity index (χ1n) is 10.4. The zero-order valence-corrected chi connectivity index (χ0v) is 19.2. The lowest BCUT2D eigenvalue weighted by atomic mass is 10.1. The number of amides is 1. The molecule has 12 heteroatoms. The van der Waals surface area contributed by atoms with Crippen molar-refractivity contribution in [3.05, 3.63) is 82.2 Å². The van der Waals surface area contributed by atoms with Crippen molar-refractivity contribution >= 4 is 33.0 Å². The first-order chi connectivity index (χ1) is 16.7. The molecule has 0 aliphatic carbocycles. The lowest BCUT2D eigenvalue weighted by molar-refractivity contribution is -0.385. The lowest BCUT2D eigenvalue weighted by Gasteiger charge is -2.25. The van der Waals surface area contributed by atoms with Crippen LogP contribution in [0.4, 0.5) is 21.5 Å². The lowest BCUT2D eigenvalue weighted by Crippen LogP contribution is -2.38. The van der Waals surface area contributed by atoms with Gasteiger partial charge in [-0.2, -0.15) is 0 Å². The maximum absolute atomic E-state index is 14.0. The minimum atomic E-state index is -4.36. The molecule has 0 aromatic heterocycles. The van der Waals surface area contributed by atoms with E-state index < -0.39 is 33.2 Å². The summed E-state index contributed by atoms with van der Waals surface area (Å²) in [5, 5.41) is 13.7. The third-order valence-corrected chi connectivity index (χ3v) is 7.03. The molecule has 182 valence electrons. The second kappa shape index (κ2) is 9.58. The molecule has 0 saturated carbocycles. The van der Waals surface area contributed by atoms with Crippen molar-refractivity contribution in [1.29, 1.82) is 0 Å². The van der Waals surface area contributed by atoms with Crippen LogP contribution in [0.1, 0.15) is 5.56 Å². The Kier molecular flexibility index (Phi) is 6.56. The molecular formula is C23H20FN3O7S. The zero-order valence-electron chi connectivity index (χ0n) is 18.4. The highest BCUT2D eigenvalue weighted by Gasteiger charge is 2.29. The second-order valence-corrected chi connectivity index (χ2v) is 9.41. The summed E-state index contributed by atoms with van der Waals surface area (Å²) in [6.07, 6.45) is 0. The van der Waals surface area contributed by atoms with Crippen LogP contribution in [0.2, 0.25) is 0 Å². The summed E-state index contributed by atoms with van der Waals surface area (Å²) in [6.45, 7) is 1.31. The molecule has 10 nitrogen and oxygen atoms in total. The highest BCUT2D eigenvalue weighted by atomic mass is 32.2. The van der Waals surface area contributed by atoms with Gasteiger partial charge in [0, 0.05) is 12.1 Å². The molecule has 3 aromatic rings. The Morgan fingerprint density at radius 2 is 1.80 bits per heavy atom. The van der Waals surface area contributed by atoms with E-state index in [2.05, 4.69) is 5.32 Å². The number of anilines is 2. The summed E-state index contributed by atoms with van der Waals surface area (Å²) in [7, 11) is -4.36. The van der Waals surface area contributed by atoms with Gasteiger partial charge < -0.3 is 14.8 Å². The second-order valence-electron chi connectivity index (χ2n) is 7.55. The number of hydrogen-bond donors (Lipinski definition) is 1. The number of fused-ring (bicyclic) bond motifs is 1. The molecule has 1 aliphatic heterocycles. The Balaban J connectivity index is 1.68. The van der Waals surface area contributed by atoms with Gasteiger partial charge in [0.05, 0.1) is 26.8 Å². The molecule has 1 amide bonds. The molecule has 4 rings (SSSR count). The Morgan fingerprint density at radius 1 is 1.09 bits per heavy atom.